The number of benzene rings is 3. The summed E-state index contributed by atoms with van der Waals surface area (Å²) in [6.07, 6.45) is 1.40. The van der Waals surface area contributed by atoms with Gasteiger partial charge in [0.05, 0.1) is 29.2 Å². The number of aryl methyl sites for hydroxylation is 1. The lowest BCUT2D eigenvalue weighted by molar-refractivity contribution is -0.119. The van der Waals surface area contributed by atoms with E-state index in [1.807, 2.05) is 25.1 Å². The van der Waals surface area contributed by atoms with E-state index in [1.54, 1.807) is 30.3 Å². The summed E-state index contributed by atoms with van der Waals surface area (Å²) in [5.74, 6) is 0.312. The van der Waals surface area contributed by atoms with Gasteiger partial charge in [-0.3, -0.25) is 4.79 Å². The molecule has 8 nitrogen and oxygen atoms in total. The molecule has 0 spiro atoms. The molecule has 0 atom stereocenters. The first kappa shape index (κ1) is 26.7. The second kappa shape index (κ2) is 12.2. The van der Waals surface area contributed by atoms with Crippen molar-refractivity contribution in [2.45, 2.75) is 18.4 Å². The van der Waals surface area contributed by atoms with Crippen molar-refractivity contribution in [1.82, 2.24) is 10.1 Å². The van der Waals surface area contributed by atoms with Crippen LogP contribution in [0.3, 0.4) is 0 Å². The van der Waals surface area contributed by atoms with E-state index in [9.17, 15) is 13.2 Å². The lowest BCUT2D eigenvalue weighted by atomic mass is 10.2. The first-order chi connectivity index (χ1) is 16.7. The summed E-state index contributed by atoms with van der Waals surface area (Å²) in [4.78, 5) is 12.1. The van der Waals surface area contributed by atoms with Crippen molar-refractivity contribution in [1.29, 1.82) is 0 Å². The molecular weight excluding hydrogens is 558 g/mol. The molecule has 0 aliphatic heterocycles. The molecule has 0 aliphatic carbocycles. The zero-order valence-electron chi connectivity index (χ0n) is 18.9. The largest absolute Gasteiger partial charge is 0.493 e. The van der Waals surface area contributed by atoms with Crippen molar-refractivity contribution in [3.05, 3.63) is 86.8 Å². The number of amides is 1. The topological polar surface area (TPSA) is 106 Å². The number of ether oxygens (including phenoxy) is 2. The monoisotopic (exact) mass is 579 g/mol. The highest BCUT2D eigenvalue weighted by atomic mass is 79.9. The van der Waals surface area contributed by atoms with E-state index in [0.29, 0.717) is 26.6 Å². The number of sulfonamides is 1. The number of carbonyl (C=O) groups is 1. The van der Waals surface area contributed by atoms with Crippen molar-refractivity contribution in [3.8, 4) is 11.5 Å². The van der Waals surface area contributed by atoms with Gasteiger partial charge in [-0.25, -0.2) is 18.6 Å². The van der Waals surface area contributed by atoms with Crippen LogP contribution in [0, 0.1) is 6.92 Å². The number of methoxy groups -OCH3 is 1. The van der Waals surface area contributed by atoms with Gasteiger partial charge in [-0.1, -0.05) is 47.5 Å². The molecule has 1 amide bonds. The SMILES string of the molecule is COc1cc(C=NNC(=O)CNS(=O)(=O)c2ccc(C)cc2)cc(Br)c1OCc1ccccc1Cl. The Morgan fingerprint density at radius 1 is 1.14 bits per heavy atom. The summed E-state index contributed by atoms with van der Waals surface area (Å²) in [6, 6.07) is 17.1. The Morgan fingerprint density at radius 3 is 2.54 bits per heavy atom. The molecule has 0 bridgehead atoms. The van der Waals surface area contributed by atoms with Gasteiger partial charge in [0, 0.05) is 10.6 Å². The van der Waals surface area contributed by atoms with Gasteiger partial charge in [0.2, 0.25) is 10.0 Å². The predicted molar refractivity (Wildman–Crippen MR) is 139 cm³/mol. The van der Waals surface area contributed by atoms with Crippen LogP contribution in [0.25, 0.3) is 0 Å². The number of hydrogen-bond donors (Lipinski definition) is 2. The van der Waals surface area contributed by atoms with E-state index in [-0.39, 0.29) is 11.5 Å². The molecule has 0 saturated carbocycles. The van der Waals surface area contributed by atoms with Gasteiger partial charge in [0.25, 0.3) is 5.91 Å². The molecule has 184 valence electrons. The van der Waals surface area contributed by atoms with E-state index in [1.165, 1.54) is 25.5 Å². The molecule has 11 heteroatoms. The third-order valence-corrected chi connectivity index (χ3v) is 7.11. The minimum absolute atomic E-state index is 0.0770. The standard InChI is InChI=1S/C24H23BrClN3O5S/c1-16-7-9-19(10-8-16)35(31,32)28-14-23(30)29-27-13-17-11-20(25)24(22(12-17)33-2)34-15-18-5-3-4-6-21(18)26/h3-13,28H,14-15H2,1-2H3,(H,29,30). The second-order valence-corrected chi connectivity index (χ2v) is 10.4. The summed E-state index contributed by atoms with van der Waals surface area (Å²) in [6.45, 7) is 1.64. The van der Waals surface area contributed by atoms with Crippen molar-refractivity contribution in [2.24, 2.45) is 5.10 Å². The Kier molecular flexibility index (Phi) is 9.27. The number of carbonyl (C=O) groups excluding carboxylic acids is 1. The second-order valence-electron chi connectivity index (χ2n) is 7.34. The summed E-state index contributed by atoms with van der Waals surface area (Å²) < 4.78 is 38.7. The molecular formula is C24H23BrClN3O5S. The first-order valence-corrected chi connectivity index (χ1v) is 13.0. The lowest BCUT2D eigenvalue weighted by Gasteiger charge is -2.14. The smallest absolute Gasteiger partial charge is 0.255 e. The molecule has 2 N–H and O–H groups in total. The Balaban J connectivity index is 1.59. The maximum absolute atomic E-state index is 12.3. The molecule has 3 rings (SSSR count). The zero-order chi connectivity index (χ0) is 25.4. The van der Waals surface area contributed by atoms with E-state index < -0.39 is 22.5 Å². The highest BCUT2D eigenvalue weighted by Gasteiger charge is 2.15. The van der Waals surface area contributed by atoms with Crippen LogP contribution in [0.5, 0.6) is 11.5 Å². The van der Waals surface area contributed by atoms with E-state index >= 15 is 0 Å². The van der Waals surface area contributed by atoms with Gasteiger partial charge >= 0.3 is 0 Å². The van der Waals surface area contributed by atoms with Crippen LogP contribution in [0.15, 0.2) is 75.1 Å². The average Bonchev–Trinajstić information content (AvgIpc) is 2.83. The van der Waals surface area contributed by atoms with Crippen LogP contribution < -0.4 is 19.6 Å². The fourth-order valence-electron chi connectivity index (χ4n) is 2.90. The molecule has 0 fully saturated rings. The van der Waals surface area contributed by atoms with Gasteiger partial charge in [-0.2, -0.15) is 5.10 Å². The zero-order valence-corrected chi connectivity index (χ0v) is 22.1. The van der Waals surface area contributed by atoms with Crippen LogP contribution in [0.1, 0.15) is 16.7 Å². The summed E-state index contributed by atoms with van der Waals surface area (Å²) in [5.41, 5.74) is 4.66. The molecule has 3 aromatic carbocycles. The third kappa shape index (κ3) is 7.53. The Bertz CT molecular complexity index is 1330. The van der Waals surface area contributed by atoms with Gasteiger partial charge in [-0.05, 0) is 58.7 Å². The molecule has 0 aliphatic rings. The fraction of sp³-hybridized carbons (Fsp3) is 0.167. The normalized spacial score (nSPS) is 11.4. The van der Waals surface area contributed by atoms with Crippen molar-refractivity contribution >= 4 is 49.7 Å². The van der Waals surface area contributed by atoms with Crippen LogP contribution in [-0.2, 0) is 21.4 Å². The first-order valence-electron chi connectivity index (χ1n) is 10.3. The summed E-state index contributed by atoms with van der Waals surface area (Å²) >= 11 is 9.64. The van der Waals surface area contributed by atoms with Crippen LogP contribution in [-0.4, -0.2) is 34.2 Å². The molecule has 0 aromatic heterocycles. The third-order valence-electron chi connectivity index (χ3n) is 4.74. The van der Waals surface area contributed by atoms with Crippen molar-refractivity contribution in [3.63, 3.8) is 0 Å². The summed E-state index contributed by atoms with van der Waals surface area (Å²) in [7, 11) is -2.30. The Morgan fingerprint density at radius 2 is 1.86 bits per heavy atom. The van der Waals surface area contributed by atoms with Gasteiger partial charge < -0.3 is 9.47 Å². The maximum atomic E-state index is 12.3. The number of hydrazone groups is 1. The Hall–Kier alpha value is -2.92. The molecule has 3 aromatic rings. The van der Waals surface area contributed by atoms with Gasteiger partial charge in [-0.15, -0.1) is 0 Å². The molecule has 0 unspecified atom stereocenters. The number of hydrogen-bond acceptors (Lipinski definition) is 6. The highest BCUT2D eigenvalue weighted by molar-refractivity contribution is 9.10. The number of halogens is 2. The lowest BCUT2D eigenvalue weighted by Crippen LogP contribution is -2.34. The van der Waals surface area contributed by atoms with Crippen LogP contribution in [0.2, 0.25) is 5.02 Å². The van der Waals surface area contributed by atoms with Gasteiger partial charge in [0.1, 0.15) is 6.61 Å². The molecule has 0 saturated heterocycles. The Labute approximate surface area is 217 Å². The van der Waals surface area contributed by atoms with Crippen LogP contribution in [0.4, 0.5) is 0 Å². The predicted octanol–water partition coefficient (Wildman–Crippen LogP) is 4.43. The fourth-order valence-corrected chi connectivity index (χ4v) is 4.65. The maximum Gasteiger partial charge on any atom is 0.255 e. The van der Waals surface area contributed by atoms with Crippen molar-refractivity contribution < 1.29 is 22.7 Å². The average molecular weight is 581 g/mol. The summed E-state index contributed by atoms with van der Waals surface area (Å²) in [5, 5.41) is 4.48. The van der Waals surface area contributed by atoms with E-state index in [2.05, 4.69) is 31.2 Å². The van der Waals surface area contributed by atoms with Gasteiger partial charge in [0.15, 0.2) is 11.5 Å². The molecule has 0 heterocycles. The minimum atomic E-state index is -3.80. The molecule has 35 heavy (non-hydrogen) atoms. The quantitative estimate of drug-likeness (QED) is 0.273. The molecule has 0 radical (unpaired) electrons. The minimum Gasteiger partial charge on any atom is -0.493 e. The number of nitrogens with zero attached hydrogens (tertiary/aromatic N) is 1. The highest BCUT2D eigenvalue weighted by Crippen LogP contribution is 2.37. The van der Waals surface area contributed by atoms with E-state index in [4.69, 9.17) is 21.1 Å². The van der Waals surface area contributed by atoms with Crippen LogP contribution >= 0.6 is 27.5 Å². The van der Waals surface area contributed by atoms with Crippen molar-refractivity contribution in [2.75, 3.05) is 13.7 Å². The number of rotatable bonds is 10. The number of nitrogens with one attached hydrogen (secondary N) is 2. The van der Waals surface area contributed by atoms with E-state index in [0.717, 1.165) is 11.1 Å².